The van der Waals surface area contributed by atoms with E-state index < -0.39 is 0 Å². The topological polar surface area (TPSA) is 89.0 Å². The van der Waals surface area contributed by atoms with Crippen LogP contribution in [0.2, 0.25) is 0 Å². The first kappa shape index (κ1) is 16.8. The van der Waals surface area contributed by atoms with Crippen LogP contribution in [0.5, 0.6) is 0 Å². The van der Waals surface area contributed by atoms with Gasteiger partial charge in [0.15, 0.2) is 19.4 Å². The van der Waals surface area contributed by atoms with Crippen LogP contribution in [0.15, 0.2) is 0 Å². The number of hydrogen-bond acceptors (Lipinski definition) is 6. The van der Waals surface area contributed by atoms with Crippen molar-refractivity contribution in [1.29, 1.82) is 0 Å². The summed E-state index contributed by atoms with van der Waals surface area (Å²) in [5, 5.41) is 0. The van der Waals surface area contributed by atoms with Gasteiger partial charge in [0.1, 0.15) is 0 Å². The Morgan fingerprint density at radius 1 is 0.706 bits per heavy atom. The third-order valence-corrected chi connectivity index (χ3v) is 1.79. The van der Waals surface area contributed by atoms with Crippen molar-refractivity contribution in [3.8, 4) is 0 Å². The Bertz CT molecular complexity index is 161. The fourth-order valence-corrected chi connectivity index (χ4v) is 0.902. The molecule has 0 aliphatic rings. The Morgan fingerprint density at radius 3 is 1.35 bits per heavy atom. The van der Waals surface area contributed by atoms with E-state index in [1.165, 1.54) is 0 Å². The highest BCUT2D eigenvalue weighted by Crippen LogP contribution is 1.99. The lowest BCUT2D eigenvalue weighted by molar-refractivity contribution is -0.237. The molecule has 0 aromatic carbocycles. The summed E-state index contributed by atoms with van der Waals surface area (Å²) >= 11 is 0. The number of ether oxygens (including phenoxy) is 4. The SMILES string of the molecule is CC(N)COC(C)OCOC(C)OCC(C)N. The standard InChI is InChI=1S/C11H26N2O4/c1-8(12)5-14-10(3)16-7-17-11(4)15-6-9(2)13/h8-11H,5-7,12-13H2,1-4H3. The molecular formula is C11H26N2O4. The largest absolute Gasteiger partial charge is 0.351 e. The van der Waals surface area contributed by atoms with Crippen molar-refractivity contribution in [2.24, 2.45) is 11.5 Å². The van der Waals surface area contributed by atoms with E-state index in [-0.39, 0.29) is 31.5 Å². The molecule has 0 amide bonds. The van der Waals surface area contributed by atoms with Gasteiger partial charge in [0, 0.05) is 12.1 Å². The molecule has 17 heavy (non-hydrogen) atoms. The molecule has 0 fully saturated rings. The van der Waals surface area contributed by atoms with Crippen LogP contribution in [0.1, 0.15) is 27.7 Å². The summed E-state index contributed by atoms with van der Waals surface area (Å²) in [6.07, 6.45) is -0.691. The summed E-state index contributed by atoms with van der Waals surface area (Å²) in [6, 6.07) is -0.00876. The Balaban J connectivity index is 3.42. The van der Waals surface area contributed by atoms with Crippen molar-refractivity contribution >= 4 is 0 Å². The first-order valence-corrected chi connectivity index (χ1v) is 5.89. The Hall–Kier alpha value is -0.240. The molecule has 0 spiro atoms. The second kappa shape index (κ2) is 9.76. The van der Waals surface area contributed by atoms with Crippen molar-refractivity contribution < 1.29 is 18.9 Å². The normalized spacial score (nSPS) is 18.7. The Labute approximate surface area is 104 Å². The van der Waals surface area contributed by atoms with Crippen LogP contribution in [-0.4, -0.2) is 44.7 Å². The lowest BCUT2D eigenvalue weighted by Crippen LogP contribution is -2.28. The lowest BCUT2D eigenvalue weighted by Gasteiger charge is -2.18. The van der Waals surface area contributed by atoms with Crippen molar-refractivity contribution in [3.63, 3.8) is 0 Å². The summed E-state index contributed by atoms with van der Waals surface area (Å²) < 4.78 is 21.1. The minimum atomic E-state index is -0.346. The van der Waals surface area contributed by atoms with Gasteiger partial charge in [0.2, 0.25) is 0 Å². The molecular weight excluding hydrogens is 224 g/mol. The molecule has 4 N–H and O–H groups in total. The average molecular weight is 250 g/mol. The molecule has 104 valence electrons. The van der Waals surface area contributed by atoms with Crippen LogP contribution in [0.3, 0.4) is 0 Å². The third kappa shape index (κ3) is 12.0. The van der Waals surface area contributed by atoms with Crippen LogP contribution in [0.4, 0.5) is 0 Å². The number of nitrogens with two attached hydrogens (primary N) is 2. The van der Waals surface area contributed by atoms with Gasteiger partial charge >= 0.3 is 0 Å². The van der Waals surface area contributed by atoms with Gasteiger partial charge in [0.05, 0.1) is 13.2 Å². The molecule has 0 aromatic heterocycles. The highest BCUT2D eigenvalue weighted by atomic mass is 16.8. The number of rotatable bonds is 10. The molecule has 0 rings (SSSR count). The summed E-state index contributed by atoms with van der Waals surface area (Å²) in [5.41, 5.74) is 11.1. The van der Waals surface area contributed by atoms with E-state index in [1.54, 1.807) is 13.8 Å². The van der Waals surface area contributed by atoms with Crippen LogP contribution >= 0.6 is 0 Å². The van der Waals surface area contributed by atoms with Gasteiger partial charge in [-0.25, -0.2) is 0 Å². The van der Waals surface area contributed by atoms with Gasteiger partial charge in [-0.3, -0.25) is 0 Å². The van der Waals surface area contributed by atoms with Crippen molar-refractivity contribution in [2.45, 2.75) is 52.4 Å². The lowest BCUT2D eigenvalue weighted by atomic mass is 10.4. The van der Waals surface area contributed by atoms with Gasteiger partial charge in [-0.2, -0.15) is 0 Å². The van der Waals surface area contributed by atoms with E-state index in [1.807, 2.05) is 13.8 Å². The van der Waals surface area contributed by atoms with Gasteiger partial charge in [0.25, 0.3) is 0 Å². The predicted molar refractivity (Wildman–Crippen MR) is 65.2 cm³/mol. The molecule has 0 aliphatic carbocycles. The zero-order chi connectivity index (χ0) is 13.3. The molecule has 4 unspecified atom stereocenters. The summed E-state index contributed by atoms with van der Waals surface area (Å²) in [4.78, 5) is 0. The first-order valence-electron chi connectivity index (χ1n) is 5.89. The molecule has 0 aliphatic heterocycles. The Kier molecular flexibility index (Phi) is 9.62. The maximum Gasteiger partial charge on any atom is 0.157 e. The quantitative estimate of drug-likeness (QED) is 0.545. The number of hydrogen-bond donors (Lipinski definition) is 2. The minimum Gasteiger partial charge on any atom is -0.351 e. The van der Waals surface area contributed by atoms with Crippen molar-refractivity contribution in [2.75, 3.05) is 20.0 Å². The summed E-state index contributed by atoms with van der Waals surface area (Å²) in [6.45, 7) is 8.34. The molecule has 6 nitrogen and oxygen atoms in total. The van der Waals surface area contributed by atoms with E-state index in [0.717, 1.165) is 0 Å². The second-order valence-electron chi connectivity index (χ2n) is 4.21. The maximum absolute atomic E-state index is 5.54. The van der Waals surface area contributed by atoms with Gasteiger partial charge in [-0.1, -0.05) is 0 Å². The Morgan fingerprint density at radius 2 is 1.06 bits per heavy atom. The third-order valence-electron chi connectivity index (χ3n) is 1.79. The van der Waals surface area contributed by atoms with E-state index in [9.17, 15) is 0 Å². The molecule has 0 saturated heterocycles. The first-order chi connectivity index (χ1) is 7.91. The van der Waals surface area contributed by atoms with E-state index >= 15 is 0 Å². The maximum atomic E-state index is 5.54. The average Bonchev–Trinajstić information content (AvgIpc) is 2.23. The minimum absolute atomic E-state index is 0.00438. The molecule has 0 saturated carbocycles. The second-order valence-corrected chi connectivity index (χ2v) is 4.21. The van der Waals surface area contributed by atoms with Crippen LogP contribution in [-0.2, 0) is 18.9 Å². The highest BCUT2D eigenvalue weighted by molar-refractivity contribution is 4.49. The monoisotopic (exact) mass is 250 g/mol. The molecule has 4 atom stereocenters. The van der Waals surface area contributed by atoms with Crippen LogP contribution in [0, 0.1) is 0 Å². The van der Waals surface area contributed by atoms with E-state index in [4.69, 9.17) is 30.4 Å². The zero-order valence-corrected chi connectivity index (χ0v) is 11.2. The molecule has 0 radical (unpaired) electrons. The molecule has 0 heterocycles. The fourth-order valence-electron chi connectivity index (χ4n) is 0.902. The molecule has 0 bridgehead atoms. The van der Waals surface area contributed by atoms with Crippen LogP contribution < -0.4 is 11.5 Å². The fraction of sp³-hybridized carbons (Fsp3) is 1.00. The van der Waals surface area contributed by atoms with Gasteiger partial charge < -0.3 is 30.4 Å². The van der Waals surface area contributed by atoms with Gasteiger partial charge in [-0.15, -0.1) is 0 Å². The highest BCUT2D eigenvalue weighted by Gasteiger charge is 2.07. The predicted octanol–water partition coefficient (Wildman–Crippen LogP) is 0.397. The molecule has 0 aromatic rings. The van der Waals surface area contributed by atoms with E-state index in [2.05, 4.69) is 0 Å². The smallest absolute Gasteiger partial charge is 0.157 e. The molecule has 6 heteroatoms. The van der Waals surface area contributed by atoms with Crippen molar-refractivity contribution in [3.05, 3.63) is 0 Å². The van der Waals surface area contributed by atoms with Gasteiger partial charge in [-0.05, 0) is 27.7 Å². The zero-order valence-electron chi connectivity index (χ0n) is 11.2. The van der Waals surface area contributed by atoms with E-state index in [0.29, 0.717) is 13.2 Å². The van der Waals surface area contributed by atoms with Crippen LogP contribution in [0.25, 0.3) is 0 Å². The van der Waals surface area contributed by atoms with Crippen molar-refractivity contribution in [1.82, 2.24) is 0 Å². The summed E-state index contributed by atoms with van der Waals surface area (Å²) in [7, 11) is 0. The summed E-state index contributed by atoms with van der Waals surface area (Å²) in [5.74, 6) is 0.